The highest BCUT2D eigenvalue weighted by Gasteiger charge is 2.10. The second kappa shape index (κ2) is 4.99. The molecular weight excluding hydrogens is 322 g/mol. The zero-order valence-electron chi connectivity index (χ0n) is 9.18. The fourth-order valence-corrected chi connectivity index (χ4v) is 2.81. The van der Waals surface area contributed by atoms with Gasteiger partial charge in [0.1, 0.15) is 0 Å². The second-order valence-electron chi connectivity index (χ2n) is 3.45. The molecule has 0 radical (unpaired) electrons. The summed E-state index contributed by atoms with van der Waals surface area (Å²) >= 11 is 4.45. The zero-order chi connectivity index (χ0) is 13.3. The molecule has 0 amide bonds. The number of aromatic carboxylic acids is 1. The van der Waals surface area contributed by atoms with E-state index >= 15 is 0 Å². The molecule has 0 unspecified atom stereocenters. The number of hydrogen-bond acceptors (Lipinski definition) is 4. The molecule has 8 heteroatoms. The maximum Gasteiger partial charge on any atom is 0.343 e. The van der Waals surface area contributed by atoms with Crippen LogP contribution in [0.15, 0.2) is 37.5 Å². The van der Waals surface area contributed by atoms with Gasteiger partial charge in [-0.25, -0.2) is 14.7 Å². The van der Waals surface area contributed by atoms with Crippen LogP contribution in [0, 0.1) is 0 Å². The number of aromatic amines is 1. The Labute approximate surface area is 114 Å². The van der Waals surface area contributed by atoms with Crippen molar-refractivity contribution in [3.63, 3.8) is 0 Å². The number of nitrogens with zero attached hydrogens (tertiary/aromatic N) is 2. The molecule has 0 saturated carbocycles. The van der Waals surface area contributed by atoms with Gasteiger partial charge in [0.05, 0.1) is 5.56 Å². The molecule has 0 fully saturated rings. The molecule has 2 rings (SSSR count). The number of carboxylic acids is 1. The van der Waals surface area contributed by atoms with Gasteiger partial charge in [-0.1, -0.05) is 15.9 Å². The summed E-state index contributed by atoms with van der Waals surface area (Å²) in [4.78, 5) is 22.8. The monoisotopic (exact) mass is 329 g/mol. The first-order valence-corrected chi connectivity index (χ1v) is 6.41. The summed E-state index contributed by atoms with van der Waals surface area (Å²) < 4.78 is 2.01. The van der Waals surface area contributed by atoms with Crippen molar-refractivity contribution in [1.29, 1.82) is 0 Å². The molecule has 1 aromatic heterocycles. The Bertz CT molecular complexity index is 665. The van der Waals surface area contributed by atoms with E-state index in [-0.39, 0.29) is 11.3 Å². The topological polar surface area (TPSA) is 88.0 Å². The fraction of sp³-hybridized carbons (Fsp3) is 0.100. The van der Waals surface area contributed by atoms with Crippen LogP contribution in [0.4, 0.5) is 0 Å². The molecule has 6 nitrogen and oxygen atoms in total. The number of nitrogens with one attached hydrogen (secondary N) is 1. The average molecular weight is 330 g/mol. The molecule has 2 N–H and O–H groups in total. The third-order valence-corrected chi connectivity index (χ3v) is 3.64. The first kappa shape index (κ1) is 12.9. The van der Waals surface area contributed by atoms with E-state index in [1.54, 1.807) is 13.1 Å². The standard InChI is InChI=1S/C10H8BrN3O3S/c1-14-9(17)12-13-10(14)18-7-3-5(8(15)16)2-6(11)4-7/h2-4H,1H3,(H,12,17)(H,15,16). The molecule has 18 heavy (non-hydrogen) atoms. The van der Waals surface area contributed by atoms with Gasteiger partial charge in [0, 0.05) is 16.4 Å². The average Bonchev–Trinajstić information content (AvgIpc) is 2.60. The predicted octanol–water partition coefficient (Wildman–Crippen LogP) is 1.72. The molecule has 1 aromatic carbocycles. The van der Waals surface area contributed by atoms with E-state index in [1.165, 1.54) is 28.5 Å². The number of hydrogen-bond donors (Lipinski definition) is 2. The lowest BCUT2D eigenvalue weighted by molar-refractivity contribution is 0.0696. The Morgan fingerprint density at radius 2 is 2.22 bits per heavy atom. The Hall–Kier alpha value is -1.54. The molecule has 0 aliphatic carbocycles. The molecule has 0 bridgehead atoms. The van der Waals surface area contributed by atoms with Crippen LogP contribution < -0.4 is 5.69 Å². The molecule has 0 aliphatic rings. The summed E-state index contributed by atoms with van der Waals surface area (Å²) in [5.74, 6) is -1.01. The Morgan fingerprint density at radius 3 is 2.78 bits per heavy atom. The van der Waals surface area contributed by atoms with Crippen LogP contribution >= 0.6 is 27.7 Å². The lowest BCUT2D eigenvalue weighted by Gasteiger charge is -2.03. The summed E-state index contributed by atoms with van der Waals surface area (Å²) in [5.41, 5.74) is -0.140. The number of rotatable bonds is 3. The summed E-state index contributed by atoms with van der Waals surface area (Å²) in [6, 6.07) is 4.79. The highest BCUT2D eigenvalue weighted by molar-refractivity contribution is 9.10. The van der Waals surface area contributed by atoms with Crippen molar-refractivity contribution >= 4 is 33.7 Å². The van der Waals surface area contributed by atoms with Crippen molar-refractivity contribution in [1.82, 2.24) is 14.8 Å². The Morgan fingerprint density at radius 1 is 1.50 bits per heavy atom. The quantitative estimate of drug-likeness (QED) is 0.895. The molecule has 0 spiro atoms. The number of carboxylic acid groups (broad SMARTS) is 1. The summed E-state index contributed by atoms with van der Waals surface area (Å²) in [5, 5.41) is 15.6. The summed E-state index contributed by atoms with van der Waals surface area (Å²) in [6.07, 6.45) is 0. The van der Waals surface area contributed by atoms with Gasteiger partial charge in [0.2, 0.25) is 0 Å². The zero-order valence-corrected chi connectivity index (χ0v) is 11.6. The highest BCUT2D eigenvalue weighted by Crippen LogP contribution is 2.28. The Balaban J connectivity index is 2.37. The van der Waals surface area contributed by atoms with Crippen LogP contribution in [0.1, 0.15) is 10.4 Å². The number of benzene rings is 1. The van der Waals surface area contributed by atoms with E-state index < -0.39 is 5.97 Å². The van der Waals surface area contributed by atoms with E-state index in [0.717, 1.165) is 0 Å². The summed E-state index contributed by atoms with van der Waals surface area (Å²) in [6.45, 7) is 0. The van der Waals surface area contributed by atoms with Crippen molar-refractivity contribution in [2.45, 2.75) is 10.1 Å². The van der Waals surface area contributed by atoms with Crippen LogP contribution in [0.2, 0.25) is 0 Å². The maximum absolute atomic E-state index is 11.2. The van der Waals surface area contributed by atoms with Crippen molar-refractivity contribution in [3.8, 4) is 0 Å². The van der Waals surface area contributed by atoms with Gasteiger partial charge in [0.25, 0.3) is 0 Å². The van der Waals surface area contributed by atoms with E-state index in [0.29, 0.717) is 14.5 Å². The second-order valence-corrected chi connectivity index (χ2v) is 5.41. The van der Waals surface area contributed by atoms with E-state index in [1.807, 2.05) is 0 Å². The van der Waals surface area contributed by atoms with Gasteiger partial charge in [-0.15, -0.1) is 5.10 Å². The fourth-order valence-electron chi connectivity index (χ4n) is 1.27. The first-order valence-electron chi connectivity index (χ1n) is 4.80. The first-order chi connectivity index (χ1) is 8.47. The largest absolute Gasteiger partial charge is 0.478 e. The van der Waals surface area contributed by atoms with Crippen LogP contribution in [0.3, 0.4) is 0 Å². The van der Waals surface area contributed by atoms with Crippen LogP contribution in [0.5, 0.6) is 0 Å². The minimum Gasteiger partial charge on any atom is -0.478 e. The predicted molar refractivity (Wildman–Crippen MR) is 69.1 cm³/mol. The molecule has 1 heterocycles. The van der Waals surface area contributed by atoms with Crippen molar-refractivity contribution in [2.75, 3.05) is 0 Å². The van der Waals surface area contributed by atoms with Crippen molar-refractivity contribution in [2.24, 2.45) is 7.05 Å². The third-order valence-electron chi connectivity index (χ3n) is 2.17. The highest BCUT2D eigenvalue weighted by atomic mass is 79.9. The smallest absolute Gasteiger partial charge is 0.343 e. The third kappa shape index (κ3) is 2.65. The number of halogens is 1. The van der Waals surface area contributed by atoms with Crippen molar-refractivity contribution < 1.29 is 9.90 Å². The van der Waals surface area contributed by atoms with Gasteiger partial charge < -0.3 is 5.11 Å². The minimum absolute atomic E-state index is 0.174. The normalized spacial score (nSPS) is 10.6. The van der Waals surface area contributed by atoms with E-state index in [4.69, 9.17) is 5.11 Å². The van der Waals surface area contributed by atoms with Crippen LogP contribution in [-0.4, -0.2) is 25.8 Å². The molecule has 94 valence electrons. The lowest BCUT2D eigenvalue weighted by atomic mass is 10.2. The van der Waals surface area contributed by atoms with Gasteiger partial charge >= 0.3 is 11.7 Å². The SMILES string of the molecule is Cn1c(Sc2cc(Br)cc(C(=O)O)c2)n[nH]c1=O. The molecule has 2 aromatic rings. The van der Waals surface area contributed by atoms with Gasteiger partial charge in [-0.2, -0.15) is 0 Å². The number of carbonyl (C=O) groups is 1. The number of aromatic nitrogens is 3. The number of H-pyrrole nitrogens is 1. The molecule has 0 saturated heterocycles. The minimum atomic E-state index is -1.01. The van der Waals surface area contributed by atoms with Crippen LogP contribution in [0.25, 0.3) is 0 Å². The Kier molecular flexibility index (Phi) is 3.58. The maximum atomic E-state index is 11.2. The molecule has 0 atom stereocenters. The lowest BCUT2D eigenvalue weighted by Crippen LogP contribution is -2.12. The summed E-state index contributed by atoms with van der Waals surface area (Å²) in [7, 11) is 1.59. The van der Waals surface area contributed by atoms with Gasteiger partial charge in [-0.05, 0) is 30.0 Å². The molecular formula is C10H8BrN3O3S. The van der Waals surface area contributed by atoms with Gasteiger partial charge in [-0.3, -0.25) is 4.57 Å². The van der Waals surface area contributed by atoms with Crippen molar-refractivity contribution in [3.05, 3.63) is 38.7 Å². The van der Waals surface area contributed by atoms with Gasteiger partial charge in [0.15, 0.2) is 5.16 Å². The van der Waals surface area contributed by atoms with E-state index in [9.17, 15) is 9.59 Å². The van der Waals surface area contributed by atoms with E-state index in [2.05, 4.69) is 26.1 Å². The van der Waals surface area contributed by atoms with Crippen LogP contribution in [-0.2, 0) is 7.05 Å². The molecule has 0 aliphatic heterocycles.